The topological polar surface area (TPSA) is 67.7 Å². The second kappa shape index (κ2) is 8.18. The lowest BCUT2D eigenvalue weighted by Crippen LogP contribution is -2.50. The average molecular weight is 390 g/mol. The number of piperazine rings is 1. The zero-order valence-corrected chi connectivity index (χ0v) is 16.2. The van der Waals surface area contributed by atoms with Crippen molar-refractivity contribution in [2.75, 3.05) is 33.3 Å². The second-order valence-electron chi connectivity index (χ2n) is 6.83. The minimum Gasteiger partial charge on any atom is -0.497 e. The average Bonchev–Trinajstić information content (AvgIpc) is 3.33. The van der Waals surface area contributed by atoms with Gasteiger partial charge in [0.15, 0.2) is 0 Å². The van der Waals surface area contributed by atoms with Gasteiger partial charge in [0.05, 0.1) is 13.4 Å². The summed E-state index contributed by atoms with van der Waals surface area (Å²) in [6.07, 6.45) is 5.29. The number of nitrogens with zero attached hydrogens (tertiary/aromatic N) is 4. The number of hydrogen-bond donors (Lipinski definition) is 0. The summed E-state index contributed by atoms with van der Waals surface area (Å²) in [7, 11) is 1.60. The predicted molar refractivity (Wildman–Crippen MR) is 108 cm³/mol. The van der Waals surface area contributed by atoms with E-state index < -0.39 is 0 Å². The maximum atomic E-state index is 12.8. The van der Waals surface area contributed by atoms with Gasteiger partial charge in [-0.2, -0.15) is 0 Å². The summed E-state index contributed by atoms with van der Waals surface area (Å²) in [5, 5.41) is 0. The number of hydrogen-bond acceptors (Lipinski definition) is 4. The summed E-state index contributed by atoms with van der Waals surface area (Å²) in [5.41, 5.74) is 2.22. The normalized spacial score (nSPS) is 14.0. The second-order valence-corrected chi connectivity index (χ2v) is 6.83. The molecule has 1 aromatic heterocycles. The Morgan fingerprint density at radius 2 is 1.34 bits per heavy atom. The fraction of sp³-hybridized carbons (Fsp3) is 0.227. The molecule has 0 saturated carbocycles. The van der Waals surface area contributed by atoms with Gasteiger partial charge in [-0.1, -0.05) is 0 Å². The molecule has 7 heteroatoms. The van der Waals surface area contributed by atoms with Crippen molar-refractivity contribution in [2.45, 2.75) is 0 Å². The van der Waals surface area contributed by atoms with E-state index in [1.807, 2.05) is 35.0 Å². The number of amides is 2. The highest BCUT2D eigenvalue weighted by molar-refractivity contribution is 5.96. The van der Waals surface area contributed by atoms with Gasteiger partial charge in [0.25, 0.3) is 11.8 Å². The predicted octanol–water partition coefficient (Wildman–Crippen LogP) is 2.48. The molecule has 2 amide bonds. The van der Waals surface area contributed by atoms with E-state index in [0.29, 0.717) is 37.3 Å². The van der Waals surface area contributed by atoms with Gasteiger partial charge in [0.1, 0.15) is 5.75 Å². The molecule has 7 nitrogen and oxygen atoms in total. The first-order valence-corrected chi connectivity index (χ1v) is 9.47. The first kappa shape index (κ1) is 18.7. The summed E-state index contributed by atoms with van der Waals surface area (Å²) in [6, 6.07) is 14.5. The van der Waals surface area contributed by atoms with Gasteiger partial charge >= 0.3 is 0 Å². The molecule has 1 aliphatic rings. The Kier molecular flexibility index (Phi) is 5.29. The Hall–Kier alpha value is -3.61. The van der Waals surface area contributed by atoms with Crippen molar-refractivity contribution in [3.8, 4) is 11.4 Å². The highest BCUT2D eigenvalue weighted by Gasteiger charge is 2.25. The number of carbonyl (C=O) groups is 2. The molecule has 0 radical (unpaired) electrons. The van der Waals surface area contributed by atoms with Gasteiger partial charge in [-0.05, 0) is 48.5 Å². The molecule has 0 aliphatic carbocycles. The first-order valence-electron chi connectivity index (χ1n) is 9.47. The van der Waals surface area contributed by atoms with E-state index >= 15 is 0 Å². The number of ether oxygens (including phenoxy) is 1. The van der Waals surface area contributed by atoms with E-state index in [9.17, 15) is 9.59 Å². The first-order chi connectivity index (χ1) is 14.2. The SMILES string of the molecule is COc1ccc(C(=O)N2CCN(C(=O)c3ccc(-n4ccnc4)cc3)CC2)cc1. The number of benzene rings is 2. The van der Waals surface area contributed by atoms with Crippen molar-refractivity contribution in [1.29, 1.82) is 0 Å². The fourth-order valence-corrected chi connectivity index (χ4v) is 3.40. The summed E-state index contributed by atoms with van der Waals surface area (Å²) in [5.74, 6) is 0.680. The lowest BCUT2D eigenvalue weighted by Gasteiger charge is -2.35. The van der Waals surface area contributed by atoms with Gasteiger partial charge in [-0.3, -0.25) is 9.59 Å². The monoisotopic (exact) mass is 390 g/mol. The minimum atomic E-state index is -0.0237. The molecule has 3 aromatic rings. The van der Waals surface area contributed by atoms with Crippen LogP contribution < -0.4 is 4.74 Å². The van der Waals surface area contributed by atoms with Crippen LogP contribution in [0.4, 0.5) is 0 Å². The number of carbonyl (C=O) groups excluding carboxylic acids is 2. The molecular formula is C22H22N4O3. The minimum absolute atomic E-state index is 0.0151. The van der Waals surface area contributed by atoms with E-state index in [2.05, 4.69) is 4.98 Å². The van der Waals surface area contributed by atoms with Crippen LogP contribution in [-0.4, -0.2) is 64.5 Å². The molecule has 4 rings (SSSR count). The number of aromatic nitrogens is 2. The Morgan fingerprint density at radius 3 is 1.79 bits per heavy atom. The molecular weight excluding hydrogens is 368 g/mol. The van der Waals surface area contributed by atoms with Crippen molar-refractivity contribution in [3.63, 3.8) is 0 Å². The zero-order chi connectivity index (χ0) is 20.2. The van der Waals surface area contributed by atoms with Crippen molar-refractivity contribution in [3.05, 3.63) is 78.4 Å². The lowest BCUT2D eigenvalue weighted by molar-refractivity contribution is 0.0535. The third-order valence-corrected chi connectivity index (χ3v) is 5.11. The third kappa shape index (κ3) is 3.99. The standard InChI is InChI=1S/C22H22N4O3/c1-29-20-8-4-18(5-9-20)22(28)25-14-12-24(13-15-25)21(27)17-2-6-19(7-3-17)26-11-10-23-16-26/h2-11,16H,12-15H2,1H3. The summed E-state index contributed by atoms with van der Waals surface area (Å²) < 4.78 is 7.02. The molecule has 29 heavy (non-hydrogen) atoms. The lowest BCUT2D eigenvalue weighted by atomic mass is 10.1. The van der Waals surface area contributed by atoms with Crippen LogP contribution in [0.5, 0.6) is 5.75 Å². The largest absolute Gasteiger partial charge is 0.497 e. The molecule has 0 bridgehead atoms. The van der Waals surface area contributed by atoms with E-state index in [0.717, 1.165) is 11.4 Å². The Morgan fingerprint density at radius 1 is 0.828 bits per heavy atom. The maximum absolute atomic E-state index is 12.8. The highest BCUT2D eigenvalue weighted by atomic mass is 16.5. The molecule has 1 fully saturated rings. The van der Waals surface area contributed by atoms with Crippen molar-refractivity contribution < 1.29 is 14.3 Å². The number of rotatable bonds is 4. The van der Waals surface area contributed by atoms with Gasteiger partial charge in [-0.25, -0.2) is 4.98 Å². The fourth-order valence-electron chi connectivity index (χ4n) is 3.40. The highest BCUT2D eigenvalue weighted by Crippen LogP contribution is 2.16. The molecule has 1 saturated heterocycles. The molecule has 2 aromatic carbocycles. The number of imidazole rings is 1. The molecule has 1 aliphatic heterocycles. The number of methoxy groups -OCH3 is 1. The van der Waals surface area contributed by atoms with Gasteiger partial charge in [0.2, 0.25) is 0 Å². The van der Waals surface area contributed by atoms with Crippen LogP contribution in [0.25, 0.3) is 5.69 Å². The van der Waals surface area contributed by atoms with Crippen LogP contribution in [0.3, 0.4) is 0 Å². The Bertz CT molecular complexity index is 974. The summed E-state index contributed by atoms with van der Waals surface area (Å²) in [6.45, 7) is 2.07. The van der Waals surface area contributed by atoms with Gasteiger partial charge in [-0.15, -0.1) is 0 Å². The van der Waals surface area contributed by atoms with Crippen LogP contribution in [0.2, 0.25) is 0 Å². The molecule has 0 unspecified atom stereocenters. The van der Waals surface area contributed by atoms with Gasteiger partial charge in [0, 0.05) is 55.4 Å². The molecule has 0 spiro atoms. The van der Waals surface area contributed by atoms with E-state index in [1.165, 1.54) is 0 Å². The van der Waals surface area contributed by atoms with Crippen molar-refractivity contribution in [2.24, 2.45) is 0 Å². The Balaban J connectivity index is 1.36. The smallest absolute Gasteiger partial charge is 0.253 e. The van der Waals surface area contributed by atoms with E-state index in [-0.39, 0.29) is 11.8 Å². The zero-order valence-electron chi connectivity index (χ0n) is 16.2. The van der Waals surface area contributed by atoms with Crippen molar-refractivity contribution in [1.82, 2.24) is 19.4 Å². The van der Waals surface area contributed by atoms with Crippen LogP contribution in [0.15, 0.2) is 67.3 Å². The van der Waals surface area contributed by atoms with E-state index in [4.69, 9.17) is 4.74 Å². The maximum Gasteiger partial charge on any atom is 0.253 e. The summed E-state index contributed by atoms with van der Waals surface area (Å²) in [4.78, 5) is 33.1. The van der Waals surface area contributed by atoms with Gasteiger partial charge < -0.3 is 19.1 Å². The Labute approximate surface area is 169 Å². The molecule has 0 N–H and O–H groups in total. The van der Waals surface area contributed by atoms with Crippen LogP contribution in [0.1, 0.15) is 20.7 Å². The third-order valence-electron chi connectivity index (χ3n) is 5.11. The molecule has 148 valence electrons. The molecule has 2 heterocycles. The van der Waals surface area contributed by atoms with Crippen LogP contribution >= 0.6 is 0 Å². The van der Waals surface area contributed by atoms with Crippen LogP contribution in [-0.2, 0) is 0 Å². The quantitative estimate of drug-likeness (QED) is 0.686. The van der Waals surface area contributed by atoms with Crippen LogP contribution in [0, 0.1) is 0 Å². The van der Waals surface area contributed by atoms with E-state index in [1.54, 1.807) is 53.7 Å². The molecule has 0 atom stereocenters. The summed E-state index contributed by atoms with van der Waals surface area (Å²) >= 11 is 0. The van der Waals surface area contributed by atoms with Crippen molar-refractivity contribution >= 4 is 11.8 Å².